The van der Waals surface area contributed by atoms with Crippen LogP contribution in [0, 0.1) is 5.82 Å². The summed E-state index contributed by atoms with van der Waals surface area (Å²) in [6, 6.07) is 12.4. The molecule has 1 aromatic carbocycles. The second-order valence-corrected chi connectivity index (χ2v) is 6.60. The number of H-pyrrole nitrogens is 1. The maximum absolute atomic E-state index is 14.0. The van der Waals surface area contributed by atoms with Gasteiger partial charge in [-0.1, -0.05) is 18.2 Å². The largest absolute Gasteiger partial charge is 0.444 e. The molecule has 1 unspecified atom stereocenters. The first kappa shape index (κ1) is 16.4. The van der Waals surface area contributed by atoms with Crippen LogP contribution in [-0.2, 0) is 17.5 Å². The molecule has 4 aromatic rings. The standard InChI is InChI=1S/C17H13FN4O3S/c18-12-4-2-1-3-10(12)9-22-17-11(5-7-14(23)20-17)16(21-22)13-6-8-15(25-13)26(19)24/h1-8H,9,19H2,(H,20,23). The summed E-state index contributed by atoms with van der Waals surface area (Å²) in [5, 5.41) is 10.5. The minimum atomic E-state index is -1.76. The lowest BCUT2D eigenvalue weighted by Gasteiger charge is -2.04. The Hall–Kier alpha value is -3.04. The molecule has 0 amide bonds. The van der Waals surface area contributed by atoms with Crippen molar-refractivity contribution < 1.29 is 13.0 Å². The van der Waals surface area contributed by atoms with Gasteiger partial charge >= 0.3 is 0 Å². The normalized spacial score (nSPS) is 12.5. The van der Waals surface area contributed by atoms with Crippen LogP contribution >= 0.6 is 0 Å². The molecule has 0 spiro atoms. The van der Waals surface area contributed by atoms with Gasteiger partial charge in [0.05, 0.1) is 6.54 Å². The third-order valence-corrected chi connectivity index (χ3v) is 4.54. The van der Waals surface area contributed by atoms with Crippen LogP contribution in [0.4, 0.5) is 4.39 Å². The van der Waals surface area contributed by atoms with E-state index in [0.717, 1.165) is 0 Å². The van der Waals surface area contributed by atoms with Crippen LogP contribution in [0.25, 0.3) is 22.5 Å². The maximum atomic E-state index is 14.0. The lowest BCUT2D eigenvalue weighted by molar-refractivity contribution is 0.476. The van der Waals surface area contributed by atoms with Crippen LogP contribution in [-0.4, -0.2) is 19.0 Å². The molecule has 3 N–H and O–H groups in total. The SMILES string of the molecule is NS(=O)c1ccc(-c2nn(Cc3ccccc3F)c3[nH]c(=O)ccc23)o1. The van der Waals surface area contributed by atoms with Gasteiger partial charge in [-0.3, -0.25) is 4.79 Å². The van der Waals surface area contributed by atoms with E-state index in [-0.39, 0.29) is 23.0 Å². The van der Waals surface area contributed by atoms with Crippen molar-refractivity contribution in [1.82, 2.24) is 14.8 Å². The molecule has 7 nitrogen and oxygen atoms in total. The van der Waals surface area contributed by atoms with Crippen molar-refractivity contribution >= 4 is 22.0 Å². The summed E-state index contributed by atoms with van der Waals surface area (Å²) in [6.45, 7) is 0.125. The third kappa shape index (κ3) is 2.87. The van der Waals surface area contributed by atoms with Crippen molar-refractivity contribution in [2.45, 2.75) is 11.6 Å². The fraction of sp³-hybridized carbons (Fsp3) is 0.0588. The zero-order valence-corrected chi connectivity index (χ0v) is 14.1. The predicted octanol–water partition coefficient (Wildman–Crippen LogP) is 2.15. The molecule has 0 aliphatic heterocycles. The van der Waals surface area contributed by atoms with Crippen LogP contribution in [0.15, 0.2) is 62.8 Å². The Morgan fingerprint density at radius 2 is 2.00 bits per heavy atom. The van der Waals surface area contributed by atoms with Gasteiger partial charge in [0.1, 0.15) is 17.2 Å². The number of nitrogens with zero attached hydrogens (tertiary/aromatic N) is 2. The number of nitrogens with one attached hydrogen (secondary N) is 1. The zero-order valence-electron chi connectivity index (χ0n) is 13.3. The van der Waals surface area contributed by atoms with Gasteiger partial charge in [-0.05, 0) is 24.3 Å². The van der Waals surface area contributed by atoms with E-state index < -0.39 is 11.0 Å². The molecule has 0 radical (unpaired) electrons. The molecule has 0 saturated carbocycles. The van der Waals surface area contributed by atoms with Crippen LogP contribution < -0.4 is 10.7 Å². The Kier molecular flexibility index (Phi) is 4.02. The van der Waals surface area contributed by atoms with E-state index in [4.69, 9.17) is 9.56 Å². The molecule has 0 aliphatic rings. The number of rotatable bonds is 4. The molecule has 3 aromatic heterocycles. The number of nitrogens with two attached hydrogens (primary N) is 1. The van der Waals surface area contributed by atoms with E-state index in [9.17, 15) is 13.4 Å². The molecule has 132 valence electrons. The van der Waals surface area contributed by atoms with Crippen molar-refractivity contribution in [3.63, 3.8) is 0 Å². The minimum absolute atomic E-state index is 0.112. The summed E-state index contributed by atoms with van der Waals surface area (Å²) >= 11 is 0. The van der Waals surface area contributed by atoms with Gasteiger partial charge in [-0.15, -0.1) is 0 Å². The topological polar surface area (TPSA) is 107 Å². The number of fused-ring (bicyclic) bond motifs is 1. The summed E-state index contributed by atoms with van der Waals surface area (Å²) in [6.07, 6.45) is 0. The molecule has 3 heterocycles. The first-order chi connectivity index (χ1) is 12.5. The first-order valence-corrected chi connectivity index (χ1v) is 8.84. The number of hydrogen-bond donors (Lipinski definition) is 2. The second-order valence-electron chi connectivity index (χ2n) is 5.60. The number of aromatic nitrogens is 3. The lowest BCUT2D eigenvalue weighted by atomic mass is 10.2. The molecular weight excluding hydrogens is 359 g/mol. The Morgan fingerprint density at radius 3 is 2.73 bits per heavy atom. The van der Waals surface area contributed by atoms with Crippen LogP contribution in [0.3, 0.4) is 0 Å². The van der Waals surface area contributed by atoms with Gasteiger partial charge in [-0.25, -0.2) is 18.4 Å². The smallest absolute Gasteiger partial charge is 0.249 e. The van der Waals surface area contributed by atoms with Crippen molar-refractivity contribution in [1.29, 1.82) is 0 Å². The highest BCUT2D eigenvalue weighted by Crippen LogP contribution is 2.29. The van der Waals surface area contributed by atoms with Crippen molar-refractivity contribution in [3.05, 3.63) is 70.3 Å². The average molecular weight is 372 g/mol. The van der Waals surface area contributed by atoms with Gasteiger partial charge in [-0.2, -0.15) is 5.10 Å². The Labute approximate surface area is 148 Å². The highest BCUT2D eigenvalue weighted by atomic mass is 32.2. The number of hydrogen-bond acceptors (Lipinski definition) is 4. The molecule has 4 rings (SSSR count). The van der Waals surface area contributed by atoms with Gasteiger partial charge in [0.15, 0.2) is 16.7 Å². The van der Waals surface area contributed by atoms with Gasteiger partial charge in [0.2, 0.25) is 10.7 Å². The van der Waals surface area contributed by atoms with E-state index in [1.165, 1.54) is 22.9 Å². The van der Waals surface area contributed by atoms with Crippen LogP contribution in [0.5, 0.6) is 0 Å². The summed E-state index contributed by atoms with van der Waals surface area (Å²) in [7, 11) is -1.76. The monoisotopic (exact) mass is 372 g/mol. The summed E-state index contributed by atoms with van der Waals surface area (Å²) in [5.41, 5.74) is 0.991. The molecule has 0 fully saturated rings. The van der Waals surface area contributed by atoms with E-state index in [0.29, 0.717) is 28.1 Å². The minimum Gasteiger partial charge on any atom is -0.444 e. The van der Waals surface area contributed by atoms with Crippen molar-refractivity contribution in [2.24, 2.45) is 5.14 Å². The molecule has 0 bridgehead atoms. The predicted molar refractivity (Wildman–Crippen MR) is 94.2 cm³/mol. The summed E-state index contributed by atoms with van der Waals surface area (Å²) in [4.78, 5) is 14.5. The van der Waals surface area contributed by atoms with E-state index >= 15 is 0 Å². The molecular formula is C17H13FN4O3S. The van der Waals surface area contributed by atoms with E-state index in [1.54, 1.807) is 30.3 Å². The molecule has 26 heavy (non-hydrogen) atoms. The maximum Gasteiger partial charge on any atom is 0.249 e. The van der Waals surface area contributed by atoms with Crippen LogP contribution in [0.1, 0.15) is 5.56 Å². The Balaban J connectivity index is 1.88. The lowest BCUT2D eigenvalue weighted by Crippen LogP contribution is -2.09. The summed E-state index contributed by atoms with van der Waals surface area (Å²) in [5.74, 6) is -0.0158. The molecule has 0 saturated heterocycles. The third-order valence-electron chi connectivity index (χ3n) is 3.92. The zero-order chi connectivity index (χ0) is 18.3. The summed E-state index contributed by atoms with van der Waals surface area (Å²) < 4.78 is 32.3. The van der Waals surface area contributed by atoms with Gasteiger partial charge < -0.3 is 9.40 Å². The first-order valence-electron chi connectivity index (χ1n) is 7.62. The highest BCUT2D eigenvalue weighted by Gasteiger charge is 2.18. The van der Waals surface area contributed by atoms with E-state index in [1.807, 2.05) is 0 Å². The quantitative estimate of drug-likeness (QED) is 0.572. The number of benzene rings is 1. The molecule has 9 heteroatoms. The van der Waals surface area contributed by atoms with E-state index in [2.05, 4.69) is 10.1 Å². The van der Waals surface area contributed by atoms with Gasteiger partial charge in [0.25, 0.3) is 0 Å². The second kappa shape index (κ2) is 6.36. The highest BCUT2D eigenvalue weighted by molar-refractivity contribution is 7.82. The Morgan fingerprint density at radius 1 is 1.19 bits per heavy atom. The Bertz CT molecular complexity index is 1190. The number of pyridine rings is 1. The average Bonchev–Trinajstić information content (AvgIpc) is 3.22. The number of halogens is 1. The fourth-order valence-corrected chi connectivity index (χ4v) is 3.10. The van der Waals surface area contributed by atoms with Crippen molar-refractivity contribution in [2.75, 3.05) is 0 Å². The number of aromatic amines is 1. The number of furan rings is 1. The molecule has 0 aliphatic carbocycles. The van der Waals surface area contributed by atoms with Gasteiger partial charge in [0, 0.05) is 17.0 Å². The van der Waals surface area contributed by atoms with Crippen LogP contribution in [0.2, 0.25) is 0 Å². The fourth-order valence-electron chi connectivity index (χ4n) is 2.72. The molecule has 1 atom stereocenters. The van der Waals surface area contributed by atoms with Crippen molar-refractivity contribution in [3.8, 4) is 11.5 Å².